The van der Waals surface area contributed by atoms with E-state index in [0.717, 1.165) is 21.9 Å². The summed E-state index contributed by atoms with van der Waals surface area (Å²) in [7, 11) is 0. The second-order valence-corrected chi connectivity index (χ2v) is 6.29. The van der Waals surface area contributed by atoms with E-state index in [0.29, 0.717) is 6.42 Å². The van der Waals surface area contributed by atoms with Gasteiger partial charge in [0, 0.05) is 28.3 Å². The first kappa shape index (κ1) is 15.1. The average Bonchev–Trinajstić information content (AvgIpc) is 2.81. The lowest BCUT2D eigenvalue weighted by molar-refractivity contribution is -0.132. The smallest absolute Gasteiger partial charge is 0.267 e. The number of amides is 1. The van der Waals surface area contributed by atoms with Crippen molar-refractivity contribution in [1.82, 2.24) is 15.8 Å². The Labute approximate surface area is 135 Å². The van der Waals surface area contributed by atoms with Crippen LogP contribution in [0.1, 0.15) is 31.7 Å². The number of carbonyl (C=O) groups is 1. The van der Waals surface area contributed by atoms with Crippen LogP contribution in [-0.2, 0) is 4.79 Å². The number of hydrazine groups is 1. The maximum absolute atomic E-state index is 12.7. The first-order valence-corrected chi connectivity index (χ1v) is 7.83. The molecule has 0 aliphatic carbocycles. The number of rotatable bonds is 3. The van der Waals surface area contributed by atoms with Gasteiger partial charge in [-0.25, -0.2) is 5.43 Å². The zero-order valence-corrected chi connectivity index (χ0v) is 13.5. The van der Waals surface area contributed by atoms with Gasteiger partial charge in [0.15, 0.2) is 0 Å². The lowest BCUT2D eigenvalue weighted by Crippen LogP contribution is -2.54. The Morgan fingerprint density at radius 2 is 2.05 bits per heavy atom. The van der Waals surface area contributed by atoms with Gasteiger partial charge in [-0.05, 0) is 38.0 Å². The summed E-state index contributed by atoms with van der Waals surface area (Å²) < 4.78 is 0. The summed E-state index contributed by atoms with van der Waals surface area (Å²) >= 11 is 5.98. The van der Waals surface area contributed by atoms with E-state index in [9.17, 15) is 4.79 Å². The van der Waals surface area contributed by atoms with Gasteiger partial charge >= 0.3 is 0 Å². The van der Waals surface area contributed by atoms with Crippen molar-refractivity contribution in [2.75, 3.05) is 0 Å². The molecule has 2 heterocycles. The van der Waals surface area contributed by atoms with Crippen LogP contribution in [0.15, 0.2) is 48.2 Å². The van der Waals surface area contributed by atoms with Crippen molar-refractivity contribution in [3.63, 3.8) is 0 Å². The predicted octanol–water partition coefficient (Wildman–Crippen LogP) is 2.94. The van der Waals surface area contributed by atoms with Gasteiger partial charge in [-0.1, -0.05) is 29.8 Å². The largest absolute Gasteiger partial charge is 0.367 e. The van der Waals surface area contributed by atoms with E-state index < -0.39 is 0 Å². The maximum atomic E-state index is 12.7. The van der Waals surface area contributed by atoms with Crippen LogP contribution in [-0.4, -0.2) is 23.1 Å². The molecule has 22 heavy (non-hydrogen) atoms. The molecule has 2 aliphatic rings. The molecule has 5 heteroatoms. The molecule has 3 atom stereocenters. The Balaban J connectivity index is 1.94. The highest BCUT2D eigenvalue weighted by molar-refractivity contribution is 6.30. The van der Waals surface area contributed by atoms with Gasteiger partial charge in [0.05, 0.1) is 0 Å². The number of fused-ring (bicyclic) bond motifs is 1. The second kappa shape index (κ2) is 5.78. The van der Waals surface area contributed by atoms with Gasteiger partial charge in [-0.15, -0.1) is 6.58 Å². The minimum atomic E-state index is -0.0859. The molecule has 4 nitrogen and oxygen atoms in total. The molecule has 0 aromatic heterocycles. The molecule has 0 bridgehead atoms. The van der Waals surface area contributed by atoms with E-state index in [-0.39, 0.29) is 24.0 Å². The number of allylic oxidation sites excluding steroid dienone is 2. The maximum Gasteiger partial charge on any atom is 0.267 e. The standard InChI is InChI=1S/C17H20ClN3O/c1-4-5-14-10(2)19-16-15(11(3)20-21(16)17(14)22)12-6-8-13(18)9-7-12/h4,6-9,11,15-16,19-20H,1,5H2,2-3H3. The Bertz CT molecular complexity index is 638. The van der Waals surface area contributed by atoms with Gasteiger partial charge in [-0.3, -0.25) is 9.80 Å². The molecule has 0 radical (unpaired) electrons. The third-order valence-corrected chi connectivity index (χ3v) is 4.65. The molecule has 0 spiro atoms. The Morgan fingerprint density at radius 3 is 2.68 bits per heavy atom. The molecule has 1 amide bonds. The quantitative estimate of drug-likeness (QED) is 0.843. The molecule has 1 fully saturated rings. The highest BCUT2D eigenvalue weighted by Gasteiger charge is 2.45. The van der Waals surface area contributed by atoms with Gasteiger partial charge < -0.3 is 5.32 Å². The summed E-state index contributed by atoms with van der Waals surface area (Å²) in [5.41, 5.74) is 6.16. The second-order valence-electron chi connectivity index (χ2n) is 5.86. The van der Waals surface area contributed by atoms with E-state index >= 15 is 0 Å². The molecule has 2 aliphatic heterocycles. The lowest BCUT2D eigenvalue weighted by Gasteiger charge is -2.35. The first-order valence-electron chi connectivity index (χ1n) is 7.45. The lowest BCUT2D eigenvalue weighted by atomic mass is 9.90. The molecule has 2 N–H and O–H groups in total. The van der Waals surface area contributed by atoms with E-state index in [2.05, 4.69) is 24.2 Å². The molecule has 3 unspecified atom stereocenters. The number of hydrogen-bond donors (Lipinski definition) is 2. The number of hydrogen-bond acceptors (Lipinski definition) is 3. The fourth-order valence-corrected chi connectivity index (χ4v) is 3.43. The van der Waals surface area contributed by atoms with Crippen LogP contribution in [0.3, 0.4) is 0 Å². The number of carbonyl (C=O) groups excluding carboxylic acids is 1. The van der Waals surface area contributed by atoms with E-state index in [1.54, 1.807) is 11.1 Å². The van der Waals surface area contributed by atoms with Crippen LogP contribution in [0.4, 0.5) is 0 Å². The van der Waals surface area contributed by atoms with E-state index in [1.807, 2.05) is 31.2 Å². The molecule has 116 valence electrons. The van der Waals surface area contributed by atoms with E-state index in [4.69, 9.17) is 11.6 Å². The fourth-order valence-electron chi connectivity index (χ4n) is 3.31. The Hall–Kier alpha value is -1.78. The highest BCUT2D eigenvalue weighted by Crippen LogP contribution is 2.35. The molecule has 1 aromatic rings. The number of nitrogens with one attached hydrogen (secondary N) is 2. The van der Waals surface area contributed by atoms with Crippen molar-refractivity contribution in [1.29, 1.82) is 0 Å². The van der Waals surface area contributed by atoms with Crippen molar-refractivity contribution < 1.29 is 4.79 Å². The zero-order chi connectivity index (χ0) is 15.9. The SMILES string of the molecule is C=CCC1=C(C)NC2C(c3ccc(Cl)cc3)C(C)NN2C1=O. The third kappa shape index (κ3) is 2.42. The topological polar surface area (TPSA) is 44.4 Å². The third-order valence-electron chi connectivity index (χ3n) is 4.40. The fraction of sp³-hybridized carbons (Fsp3) is 0.353. The molecule has 1 aromatic carbocycles. The van der Waals surface area contributed by atoms with Crippen LogP contribution in [0.25, 0.3) is 0 Å². The Morgan fingerprint density at radius 1 is 1.36 bits per heavy atom. The van der Waals surface area contributed by atoms with Crippen LogP contribution >= 0.6 is 11.6 Å². The van der Waals surface area contributed by atoms with Gasteiger partial charge in [0.25, 0.3) is 5.91 Å². The minimum absolute atomic E-state index is 0.0319. The monoisotopic (exact) mass is 317 g/mol. The van der Waals surface area contributed by atoms with E-state index in [1.165, 1.54) is 0 Å². The van der Waals surface area contributed by atoms with Crippen LogP contribution < -0.4 is 10.7 Å². The molecule has 0 saturated carbocycles. The summed E-state index contributed by atoms with van der Waals surface area (Å²) in [5.74, 6) is 0.200. The highest BCUT2D eigenvalue weighted by atomic mass is 35.5. The normalized spacial score (nSPS) is 27.7. The molecule has 3 rings (SSSR count). The molecular weight excluding hydrogens is 298 g/mol. The van der Waals surface area contributed by atoms with Gasteiger partial charge in [0.1, 0.15) is 6.17 Å². The van der Waals surface area contributed by atoms with Gasteiger partial charge in [-0.2, -0.15) is 0 Å². The first-order chi connectivity index (χ1) is 10.5. The van der Waals surface area contributed by atoms with Crippen LogP contribution in [0.2, 0.25) is 5.02 Å². The van der Waals surface area contributed by atoms with Crippen molar-refractivity contribution in [3.8, 4) is 0 Å². The summed E-state index contributed by atoms with van der Waals surface area (Å²) in [6.07, 6.45) is 2.24. The van der Waals surface area contributed by atoms with Crippen LogP contribution in [0.5, 0.6) is 0 Å². The predicted molar refractivity (Wildman–Crippen MR) is 88.1 cm³/mol. The Kier molecular flexibility index (Phi) is 3.98. The number of nitrogens with zero attached hydrogens (tertiary/aromatic N) is 1. The van der Waals surface area contributed by atoms with Crippen molar-refractivity contribution in [2.24, 2.45) is 0 Å². The van der Waals surface area contributed by atoms with Crippen molar-refractivity contribution in [2.45, 2.75) is 38.4 Å². The van der Waals surface area contributed by atoms with Crippen LogP contribution in [0, 0.1) is 0 Å². The van der Waals surface area contributed by atoms with Crippen molar-refractivity contribution in [3.05, 3.63) is 58.8 Å². The molecule has 1 saturated heterocycles. The number of benzene rings is 1. The average molecular weight is 318 g/mol. The molecular formula is C17H20ClN3O. The summed E-state index contributed by atoms with van der Waals surface area (Å²) in [4.78, 5) is 12.7. The summed E-state index contributed by atoms with van der Waals surface area (Å²) in [6.45, 7) is 7.78. The van der Waals surface area contributed by atoms with Gasteiger partial charge in [0.2, 0.25) is 0 Å². The minimum Gasteiger partial charge on any atom is -0.367 e. The number of halogens is 1. The zero-order valence-electron chi connectivity index (χ0n) is 12.8. The summed E-state index contributed by atoms with van der Waals surface area (Å²) in [6, 6.07) is 7.99. The summed E-state index contributed by atoms with van der Waals surface area (Å²) in [5, 5.41) is 5.92. The van der Waals surface area contributed by atoms with Crippen molar-refractivity contribution >= 4 is 17.5 Å².